The van der Waals surface area contributed by atoms with Crippen LogP contribution in [0.5, 0.6) is 0 Å². The molecule has 0 radical (unpaired) electrons. The van der Waals surface area contributed by atoms with Gasteiger partial charge in [-0.1, -0.05) is 69.3 Å². The van der Waals surface area contributed by atoms with Gasteiger partial charge in [0.15, 0.2) is 16.1 Å². The van der Waals surface area contributed by atoms with Crippen LogP contribution in [0.1, 0.15) is 71.0 Å². The second kappa shape index (κ2) is 30.4. The van der Waals surface area contributed by atoms with Gasteiger partial charge >= 0.3 is 227 Å². The van der Waals surface area contributed by atoms with Crippen molar-refractivity contribution in [2.45, 2.75) is 84.4 Å². The fourth-order valence-corrected chi connectivity index (χ4v) is 11.4. The van der Waals surface area contributed by atoms with Crippen LogP contribution in [0.15, 0.2) is 74.6 Å². The Balaban J connectivity index is 0.00000162. The molecule has 22 nitrogen and oxygen atoms in total. The monoisotopic (exact) mass is 1270 g/mol. The third-order valence-electron chi connectivity index (χ3n) is 10.7. The molecule has 0 saturated heterocycles. The molecular formula is C46H40K4N10O12S6. The summed E-state index contributed by atoms with van der Waals surface area (Å²) in [6.07, 6.45) is 0. The second-order valence-corrected chi connectivity index (χ2v) is 22.8. The predicted octanol–water partition coefficient (Wildman–Crippen LogP) is -3.14. The first-order chi connectivity index (χ1) is 34.4. The maximum Gasteiger partial charge on any atom is 1.00 e. The smallest absolute Gasteiger partial charge is 0.744 e. The zero-order valence-corrected chi connectivity index (χ0v) is 62.0. The molecule has 0 saturated carbocycles. The number of azo groups is 1. The number of hydrogen-bond acceptors (Lipinski definition) is 23. The van der Waals surface area contributed by atoms with Crippen LogP contribution in [-0.4, -0.2) is 75.9 Å². The van der Waals surface area contributed by atoms with Crippen molar-refractivity contribution in [3.05, 3.63) is 117 Å². The van der Waals surface area contributed by atoms with Crippen molar-refractivity contribution in [3.63, 3.8) is 0 Å². The molecule has 0 amide bonds. The van der Waals surface area contributed by atoms with Crippen LogP contribution in [0.2, 0.25) is 0 Å². The Labute approximate surface area is 631 Å². The fraction of sp³-hybridized carbons (Fsp3) is 0.239. The van der Waals surface area contributed by atoms with Crippen LogP contribution in [0.25, 0.3) is 25.6 Å². The van der Waals surface area contributed by atoms with E-state index in [1.54, 1.807) is 43.9 Å². The van der Waals surface area contributed by atoms with Crippen LogP contribution in [0.3, 0.4) is 0 Å². The van der Waals surface area contributed by atoms with Crippen molar-refractivity contribution in [2.75, 3.05) is 10.2 Å². The van der Waals surface area contributed by atoms with Gasteiger partial charge in [0, 0.05) is 5.41 Å². The number of rotatable bonds is 10. The molecular weight excluding hydrogens is 1230 g/mol. The number of nitrogens with zero attached hydrogens (tertiary/aromatic N) is 9. The average molecular weight is 1270 g/mol. The molecule has 0 aliphatic rings. The number of aryl methyl sites for hydroxylation is 6. The van der Waals surface area contributed by atoms with Gasteiger partial charge in [0.05, 0.1) is 31.4 Å². The van der Waals surface area contributed by atoms with E-state index in [2.05, 4.69) is 23.5 Å². The molecule has 4 heterocycles. The third-order valence-corrected chi connectivity index (χ3v) is 14.7. The predicted molar refractivity (Wildman–Crippen MR) is 272 cm³/mol. The van der Waals surface area contributed by atoms with E-state index >= 15 is 0 Å². The minimum absolute atomic E-state index is 0. The van der Waals surface area contributed by atoms with E-state index in [1.807, 2.05) is 59.7 Å². The van der Waals surface area contributed by atoms with E-state index in [-0.39, 0.29) is 256 Å². The van der Waals surface area contributed by atoms with Gasteiger partial charge < -0.3 is 14.4 Å². The molecule has 0 aliphatic carbocycles. The van der Waals surface area contributed by atoms with E-state index in [1.165, 1.54) is 41.1 Å². The Morgan fingerprint density at radius 3 is 1.92 bits per heavy atom. The number of fused-ring (bicyclic) bond motifs is 2. The van der Waals surface area contributed by atoms with Gasteiger partial charge in [0.1, 0.15) is 49.2 Å². The molecule has 0 bridgehead atoms. The molecule has 8 rings (SSSR count). The molecule has 4 aromatic heterocycles. The SMILES string of the molecule is Cc1[c-]c(C)c(Nc2nc(N(c3nc4ccc(S(=O)(=O)[O-])cc4s3)c3c(C)cc(C)c(S(=O)(=O)[O-])c3C)cc(C)c2N=Nc2c(C#N)c(C(C)(C)C)nn2-c2nc3cc[c-]cc3s2)c(C)c1.O=S(=O)=O.O=S(=O)=O.[K+].[K+].[K+].[K+]. The molecule has 1 N–H and O–H groups in total. The number of nitrogens with one attached hydrogen (secondary N) is 1. The van der Waals surface area contributed by atoms with E-state index in [9.17, 15) is 31.2 Å². The van der Waals surface area contributed by atoms with Crippen molar-refractivity contribution in [3.8, 4) is 11.2 Å². The number of anilines is 5. The normalized spacial score (nSPS) is 11.1. The molecule has 8 aromatic rings. The largest absolute Gasteiger partial charge is 1.00 e. The number of pyridine rings is 1. The zero-order valence-electron chi connectivity index (χ0n) is 44.6. The van der Waals surface area contributed by atoms with E-state index in [0.29, 0.717) is 37.9 Å². The summed E-state index contributed by atoms with van der Waals surface area (Å²) < 4.78 is 128. The zero-order chi connectivity index (χ0) is 54.9. The minimum atomic E-state index is -5.00. The van der Waals surface area contributed by atoms with Gasteiger partial charge in [0.2, 0.25) is 0 Å². The average Bonchev–Trinajstić information content (AvgIpc) is 3.99. The summed E-state index contributed by atoms with van der Waals surface area (Å²) in [4.78, 5) is 15.5. The van der Waals surface area contributed by atoms with Gasteiger partial charge in [-0.05, 0) is 79.7 Å². The summed E-state index contributed by atoms with van der Waals surface area (Å²) in [5.41, 5.74) is 6.42. The van der Waals surface area contributed by atoms with Crippen molar-refractivity contribution < 1.29 is 257 Å². The van der Waals surface area contributed by atoms with Crippen molar-refractivity contribution in [1.82, 2.24) is 24.7 Å². The minimum Gasteiger partial charge on any atom is -0.744 e. The topological polar surface area (TPSA) is 337 Å². The van der Waals surface area contributed by atoms with Gasteiger partial charge in [-0.2, -0.15) is 62.3 Å². The van der Waals surface area contributed by atoms with E-state index in [4.69, 9.17) is 55.5 Å². The van der Waals surface area contributed by atoms with Crippen LogP contribution in [0, 0.1) is 71.9 Å². The first-order valence-electron chi connectivity index (χ1n) is 21.2. The van der Waals surface area contributed by atoms with E-state index < -0.39 is 56.7 Å². The maximum atomic E-state index is 12.8. The van der Waals surface area contributed by atoms with Crippen molar-refractivity contribution in [2.24, 2.45) is 10.2 Å². The molecule has 0 aliphatic heterocycles. The number of thiazole rings is 2. The Kier molecular flexibility index (Phi) is 28.6. The van der Waals surface area contributed by atoms with Crippen molar-refractivity contribution >= 4 is 124 Å². The van der Waals surface area contributed by atoms with Gasteiger partial charge in [0.25, 0.3) is 0 Å². The van der Waals surface area contributed by atoms with Gasteiger partial charge in [-0.3, -0.25) is 4.90 Å². The quantitative estimate of drug-likeness (QED) is 0.0612. The summed E-state index contributed by atoms with van der Waals surface area (Å²) in [6.45, 7) is 18.2. The summed E-state index contributed by atoms with van der Waals surface area (Å²) in [7, 11) is -16.0. The van der Waals surface area contributed by atoms with Crippen LogP contribution in [-0.2, 0) is 46.9 Å². The summed E-state index contributed by atoms with van der Waals surface area (Å²) >= 11 is 2.39. The van der Waals surface area contributed by atoms with Gasteiger partial charge in [-0.15, -0.1) is 52.7 Å². The Morgan fingerprint density at radius 1 is 0.756 bits per heavy atom. The Morgan fingerprint density at radius 2 is 1.37 bits per heavy atom. The molecule has 386 valence electrons. The molecule has 32 heteroatoms. The summed E-state index contributed by atoms with van der Waals surface area (Å²) in [5.74, 6) is 0.534. The van der Waals surface area contributed by atoms with Crippen LogP contribution >= 0.6 is 22.7 Å². The Bertz CT molecular complexity index is 4050. The molecule has 0 unspecified atom stereocenters. The number of hydrogen-bond donors (Lipinski definition) is 1. The number of nitriles is 1. The van der Waals surface area contributed by atoms with Crippen LogP contribution < -0.4 is 216 Å². The van der Waals surface area contributed by atoms with Crippen LogP contribution in [0.4, 0.5) is 39.6 Å². The molecule has 0 atom stereocenters. The first kappa shape index (κ1) is 73.4. The summed E-state index contributed by atoms with van der Waals surface area (Å²) in [6, 6.07) is 23.2. The number of benzene rings is 4. The standard InChI is InChI=1S/C46H42N10O6S4.4K.2O3S/c1-23-17-24(2)37(25(3)18-23)51-42-38(52-53-43-31(22-47)41(46(8,9)10)54-56(43)45-49-32-13-11-12-14-34(32)63-45)26(4)20-36(50-42)55(39-27(5)19-28(6)40(29(39)7)66(60,61)62)44-48-33-16-15-30(65(57,58)59)21-35(33)64-44;;;;;2*1-4(2)3/h11,13-17,19-21H,1-10H3,(H,50,51)(H,57,58,59)(H,60,61,62);;;;;;/q-2;4*+1;;/p-2. The fourth-order valence-electron chi connectivity index (χ4n) is 7.97. The molecule has 78 heavy (non-hydrogen) atoms. The number of aromatic nitrogens is 5. The summed E-state index contributed by atoms with van der Waals surface area (Å²) in [5, 5.41) is 29.2. The maximum absolute atomic E-state index is 12.8. The van der Waals surface area contributed by atoms with E-state index in [0.717, 1.165) is 38.2 Å². The second-order valence-electron chi connectivity index (χ2n) is 17.3. The third kappa shape index (κ3) is 17.9. The van der Waals surface area contributed by atoms with Crippen molar-refractivity contribution in [1.29, 1.82) is 5.26 Å². The first-order valence-corrected chi connectivity index (χ1v) is 27.6. The van der Waals surface area contributed by atoms with Gasteiger partial charge in [-0.25, -0.2) is 31.8 Å². The molecule has 0 spiro atoms. The Hall–Kier alpha value is -0.685. The molecule has 4 aromatic carbocycles. The molecule has 0 fully saturated rings.